The van der Waals surface area contributed by atoms with Crippen LogP contribution in [-0.2, 0) is 9.53 Å². The SMILES string of the molecule is COC(=O)CSc1cccc(NC(=O)c2ccc(C)cc2)c1. The van der Waals surface area contributed by atoms with E-state index < -0.39 is 0 Å². The Morgan fingerprint density at radius 3 is 2.55 bits per heavy atom. The van der Waals surface area contributed by atoms with Crippen LogP contribution in [0.3, 0.4) is 0 Å². The lowest BCUT2D eigenvalue weighted by atomic mass is 10.1. The van der Waals surface area contributed by atoms with E-state index in [0.717, 1.165) is 10.5 Å². The summed E-state index contributed by atoms with van der Waals surface area (Å²) in [5.41, 5.74) is 2.41. The molecule has 1 amide bonds. The number of esters is 1. The van der Waals surface area contributed by atoms with Crippen LogP contribution in [-0.4, -0.2) is 24.7 Å². The standard InChI is InChI=1S/C17H17NO3S/c1-12-6-8-13(9-7-12)17(20)18-14-4-3-5-15(10-14)22-11-16(19)21-2/h3-10H,11H2,1-2H3,(H,18,20). The van der Waals surface area contributed by atoms with Crippen LogP contribution in [0.4, 0.5) is 5.69 Å². The Bertz CT molecular complexity index is 668. The molecule has 2 aromatic rings. The molecular formula is C17H17NO3S. The van der Waals surface area contributed by atoms with Gasteiger partial charge in [-0.05, 0) is 37.3 Å². The predicted octanol–water partition coefficient (Wildman–Crippen LogP) is 3.51. The number of amides is 1. The molecule has 0 aliphatic rings. The fourth-order valence-electron chi connectivity index (χ4n) is 1.77. The van der Waals surface area contributed by atoms with Gasteiger partial charge in [-0.15, -0.1) is 11.8 Å². The summed E-state index contributed by atoms with van der Waals surface area (Å²) in [5.74, 6) is -0.194. The number of ether oxygens (including phenoxy) is 1. The second kappa shape index (κ2) is 7.66. The van der Waals surface area contributed by atoms with Crippen molar-refractivity contribution in [2.45, 2.75) is 11.8 Å². The predicted molar refractivity (Wildman–Crippen MR) is 88.3 cm³/mol. The molecule has 4 nitrogen and oxygen atoms in total. The first kappa shape index (κ1) is 16.1. The maximum Gasteiger partial charge on any atom is 0.315 e. The lowest BCUT2D eigenvalue weighted by Gasteiger charge is -2.07. The monoisotopic (exact) mass is 315 g/mol. The number of thioether (sulfide) groups is 1. The van der Waals surface area contributed by atoms with Gasteiger partial charge in [-0.2, -0.15) is 0 Å². The molecule has 0 bridgehead atoms. The Labute approximate surface area is 133 Å². The van der Waals surface area contributed by atoms with Crippen LogP contribution in [0, 0.1) is 6.92 Å². The second-order valence-electron chi connectivity index (χ2n) is 4.71. The Morgan fingerprint density at radius 2 is 1.86 bits per heavy atom. The van der Waals surface area contributed by atoms with E-state index in [1.807, 2.05) is 43.3 Å². The summed E-state index contributed by atoms with van der Waals surface area (Å²) < 4.78 is 4.60. The summed E-state index contributed by atoms with van der Waals surface area (Å²) >= 11 is 1.37. The van der Waals surface area contributed by atoms with E-state index >= 15 is 0 Å². The van der Waals surface area contributed by atoms with E-state index in [4.69, 9.17) is 0 Å². The molecule has 0 aliphatic heterocycles. The number of hydrogen-bond acceptors (Lipinski definition) is 4. The molecule has 0 saturated carbocycles. The average molecular weight is 315 g/mol. The summed E-state index contributed by atoms with van der Waals surface area (Å²) in [5, 5.41) is 2.85. The average Bonchev–Trinajstić information content (AvgIpc) is 2.53. The van der Waals surface area contributed by atoms with E-state index in [0.29, 0.717) is 11.3 Å². The van der Waals surface area contributed by atoms with Crippen LogP contribution in [0.2, 0.25) is 0 Å². The van der Waals surface area contributed by atoms with Crippen molar-refractivity contribution in [2.24, 2.45) is 0 Å². The van der Waals surface area contributed by atoms with Crippen LogP contribution in [0.15, 0.2) is 53.4 Å². The number of hydrogen-bond donors (Lipinski definition) is 1. The lowest BCUT2D eigenvalue weighted by Crippen LogP contribution is -2.11. The van der Waals surface area contributed by atoms with Gasteiger partial charge in [0.15, 0.2) is 0 Å². The van der Waals surface area contributed by atoms with Crippen LogP contribution >= 0.6 is 11.8 Å². The molecule has 22 heavy (non-hydrogen) atoms. The van der Waals surface area contributed by atoms with Crippen molar-refractivity contribution >= 4 is 29.3 Å². The first-order chi connectivity index (χ1) is 10.6. The van der Waals surface area contributed by atoms with Gasteiger partial charge >= 0.3 is 5.97 Å². The number of benzene rings is 2. The molecule has 0 aliphatic carbocycles. The number of carbonyl (C=O) groups excluding carboxylic acids is 2. The summed E-state index contributed by atoms with van der Waals surface area (Å²) in [4.78, 5) is 24.2. The summed E-state index contributed by atoms with van der Waals surface area (Å²) in [6, 6.07) is 14.8. The van der Waals surface area contributed by atoms with Crippen molar-refractivity contribution in [1.29, 1.82) is 0 Å². The fraction of sp³-hybridized carbons (Fsp3) is 0.176. The summed E-state index contributed by atoms with van der Waals surface area (Å²) in [6.07, 6.45) is 0. The topological polar surface area (TPSA) is 55.4 Å². The molecule has 0 fully saturated rings. The molecule has 0 atom stereocenters. The minimum absolute atomic E-state index is 0.157. The van der Waals surface area contributed by atoms with Crippen LogP contribution in [0.5, 0.6) is 0 Å². The van der Waals surface area contributed by atoms with Crippen molar-refractivity contribution in [3.63, 3.8) is 0 Å². The van der Waals surface area contributed by atoms with E-state index in [-0.39, 0.29) is 17.6 Å². The quantitative estimate of drug-likeness (QED) is 0.677. The minimum atomic E-state index is -0.279. The molecular weight excluding hydrogens is 298 g/mol. The van der Waals surface area contributed by atoms with Gasteiger partial charge in [-0.25, -0.2) is 0 Å². The molecule has 1 N–H and O–H groups in total. The molecule has 0 aromatic heterocycles. The van der Waals surface area contributed by atoms with Gasteiger partial charge in [-0.1, -0.05) is 23.8 Å². The zero-order chi connectivity index (χ0) is 15.9. The van der Waals surface area contributed by atoms with Crippen molar-refractivity contribution < 1.29 is 14.3 Å². The highest BCUT2D eigenvalue weighted by molar-refractivity contribution is 8.00. The molecule has 0 radical (unpaired) electrons. The van der Waals surface area contributed by atoms with Gasteiger partial charge in [-0.3, -0.25) is 9.59 Å². The highest BCUT2D eigenvalue weighted by Crippen LogP contribution is 2.22. The number of nitrogens with one attached hydrogen (secondary N) is 1. The summed E-state index contributed by atoms with van der Waals surface area (Å²) in [6.45, 7) is 1.98. The van der Waals surface area contributed by atoms with Gasteiger partial charge in [0.2, 0.25) is 0 Å². The van der Waals surface area contributed by atoms with Gasteiger partial charge in [0.1, 0.15) is 0 Å². The van der Waals surface area contributed by atoms with Crippen molar-refractivity contribution in [2.75, 3.05) is 18.2 Å². The Balaban J connectivity index is 2.02. The number of methoxy groups -OCH3 is 1. The largest absolute Gasteiger partial charge is 0.468 e. The number of aryl methyl sites for hydroxylation is 1. The van der Waals surface area contributed by atoms with Crippen LogP contribution < -0.4 is 5.32 Å². The normalized spacial score (nSPS) is 10.1. The van der Waals surface area contributed by atoms with Crippen molar-refractivity contribution in [3.05, 3.63) is 59.7 Å². The van der Waals surface area contributed by atoms with Crippen molar-refractivity contribution in [3.8, 4) is 0 Å². The Hall–Kier alpha value is -2.27. The minimum Gasteiger partial charge on any atom is -0.468 e. The molecule has 0 heterocycles. The van der Waals surface area contributed by atoms with Gasteiger partial charge in [0.25, 0.3) is 5.91 Å². The van der Waals surface area contributed by atoms with Crippen molar-refractivity contribution in [1.82, 2.24) is 0 Å². The molecule has 2 rings (SSSR count). The first-order valence-electron chi connectivity index (χ1n) is 6.76. The molecule has 2 aromatic carbocycles. The fourth-order valence-corrected chi connectivity index (χ4v) is 2.56. The molecule has 0 saturated heterocycles. The number of carbonyl (C=O) groups is 2. The molecule has 0 spiro atoms. The Kier molecular flexibility index (Phi) is 5.61. The third-order valence-electron chi connectivity index (χ3n) is 2.99. The maximum atomic E-state index is 12.2. The molecule has 114 valence electrons. The number of rotatable bonds is 5. The van der Waals surface area contributed by atoms with Gasteiger partial charge in [0, 0.05) is 16.1 Å². The second-order valence-corrected chi connectivity index (χ2v) is 5.76. The molecule has 5 heteroatoms. The lowest BCUT2D eigenvalue weighted by molar-refractivity contribution is -0.137. The smallest absolute Gasteiger partial charge is 0.315 e. The third-order valence-corrected chi connectivity index (χ3v) is 3.96. The summed E-state index contributed by atoms with van der Waals surface area (Å²) in [7, 11) is 1.36. The van der Waals surface area contributed by atoms with Crippen LogP contribution in [0.1, 0.15) is 15.9 Å². The zero-order valence-electron chi connectivity index (χ0n) is 12.5. The maximum absolute atomic E-state index is 12.2. The zero-order valence-corrected chi connectivity index (χ0v) is 13.3. The first-order valence-corrected chi connectivity index (χ1v) is 7.75. The van der Waals surface area contributed by atoms with E-state index in [1.54, 1.807) is 12.1 Å². The third kappa shape index (κ3) is 4.63. The molecule has 0 unspecified atom stereocenters. The van der Waals surface area contributed by atoms with Gasteiger partial charge < -0.3 is 10.1 Å². The van der Waals surface area contributed by atoms with Crippen LogP contribution in [0.25, 0.3) is 0 Å². The van der Waals surface area contributed by atoms with Gasteiger partial charge in [0.05, 0.1) is 12.9 Å². The van der Waals surface area contributed by atoms with E-state index in [1.165, 1.54) is 18.9 Å². The highest BCUT2D eigenvalue weighted by Gasteiger charge is 2.07. The van der Waals surface area contributed by atoms with E-state index in [9.17, 15) is 9.59 Å². The Morgan fingerprint density at radius 1 is 1.14 bits per heavy atom. The van der Waals surface area contributed by atoms with E-state index in [2.05, 4.69) is 10.1 Å². The highest BCUT2D eigenvalue weighted by atomic mass is 32.2. The number of anilines is 1.